The zero-order valence-corrected chi connectivity index (χ0v) is 21.0. The van der Waals surface area contributed by atoms with Gasteiger partial charge in [0, 0.05) is 22.7 Å². The molecule has 33 heavy (non-hydrogen) atoms. The number of carboxylic acids is 1. The van der Waals surface area contributed by atoms with Crippen LogP contribution in [0.25, 0.3) is 0 Å². The Morgan fingerprint density at radius 3 is 2.76 bits per heavy atom. The predicted molar refractivity (Wildman–Crippen MR) is 129 cm³/mol. The lowest BCUT2D eigenvalue weighted by molar-refractivity contribution is -0.137. The molecule has 1 unspecified atom stereocenters. The Morgan fingerprint density at radius 2 is 2.09 bits per heavy atom. The van der Waals surface area contributed by atoms with Gasteiger partial charge in [0.25, 0.3) is 5.91 Å². The summed E-state index contributed by atoms with van der Waals surface area (Å²) in [6, 6.07) is 1.76. The quantitative estimate of drug-likeness (QED) is 0.457. The van der Waals surface area contributed by atoms with Gasteiger partial charge in [0.15, 0.2) is 10.3 Å². The van der Waals surface area contributed by atoms with E-state index >= 15 is 0 Å². The molecule has 1 atom stereocenters. The Morgan fingerprint density at radius 1 is 1.33 bits per heavy atom. The number of carbonyl (C=O) groups excluding carboxylic acids is 2. The van der Waals surface area contributed by atoms with Crippen molar-refractivity contribution in [1.29, 1.82) is 0 Å². The number of aliphatic carboxylic acids is 1. The number of unbranched alkanes of at least 4 members (excludes halogenated alkanes) is 1. The van der Waals surface area contributed by atoms with E-state index in [0.29, 0.717) is 25.1 Å². The standard InChI is InChI=1S/C21H27FN4O4S2.ClH/c1-13-14(20(30)24-21-23-11-17(22)32-21)10-16(31-13)15-6-5-9-26(15)18(27)12-25(2)8-4-3-7-19(28)29;/h10-11,15H,3-9,12H2,1-2H3,(H,28,29)(H,23,24,30);1H. The molecule has 0 radical (unpaired) electrons. The van der Waals surface area contributed by atoms with E-state index < -0.39 is 11.1 Å². The summed E-state index contributed by atoms with van der Waals surface area (Å²) in [4.78, 5) is 45.6. The van der Waals surface area contributed by atoms with Crippen LogP contribution in [0.1, 0.15) is 58.3 Å². The van der Waals surface area contributed by atoms with Crippen LogP contribution in [0.2, 0.25) is 0 Å². The first kappa shape index (κ1) is 27.2. The van der Waals surface area contributed by atoms with E-state index in [2.05, 4.69) is 10.3 Å². The highest BCUT2D eigenvalue weighted by Crippen LogP contribution is 2.37. The molecule has 0 bridgehead atoms. The van der Waals surface area contributed by atoms with Gasteiger partial charge in [-0.2, -0.15) is 4.39 Å². The van der Waals surface area contributed by atoms with Crippen LogP contribution in [0, 0.1) is 12.1 Å². The van der Waals surface area contributed by atoms with Gasteiger partial charge in [-0.25, -0.2) is 4.98 Å². The average Bonchev–Trinajstić information content (AvgIpc) is 3.44. The van der Waals surface area contributed by atoms with E-state index in [9.17, 15) is 18.8 Å². The molecule has 3 heterocycles. The fourth-order valence-electron chi connectivity index (χ4n) is 3.79. The average molecular weight is 519 g/mol. The number of halogens is 2. The van der Waals surface area contributed by atoms with E-state index in [4.69, 9.17) is 5.11 Å². The summed E-state index contributed by atoms with van der Waals surface area (Å²) in [5.74, 6) is -1.11. The van der Waals surface area contributed by atoms with Gasteiger partial charge in [-0.15, -0.1) is 23.7 Å². The van der Waals surface area contributed by atoms with Crippen molar-refractivity contribution in [3.8, 4) is 0 Å². The lowest BCUT2D eigenvalue weighted by Gasteiger charge is -2.26. The molecule has 0 aromatic carbocycles. The largest absolute Gasteiger partial charge is 0.481 e. The minimum atomic E-state index is -0.804. The lowest BCUT2D eigenvalue weighted by atomic mass is 10.1. The van der Waals surface area contributed by atoms with Gasteiger partial charge < -0.3 is 10.0 Å². The Kier molecular flexibility index (Phi) is 10.2. The van der Waals surface area contributed by atoms with E-state index in [-0.39, 0.29) is 48.4 Å². The van der Waals surface area contributed by atoms with Crippen molar-refractivity contribution in [1.82, 2.24) is 14.8 Å². The lowest BCUT2D eigenvalue weighted by Crippen LogP contribution is -2.38. The number of aromatic nitrogens is 1. The second-order valence-corrected chi connectivity index (χ2v) is 10.1. The van der Waals surface area contributed by atoms with Crippen LogP contribution in [0.3, 0.4) is 0 Å². The number of amides is 2. The summed E-state index contributed by atoms with van der Waals surface area (Å²) in [6.45, 7) is 3.47. The number of hydrogen-bond acceptors (Lipinski definition) is 7. The number of carbonyl (C=O) groups is 3. The minimum Gasteiger partial charge on any atom is -0.481 e. The van der Waals surface area contributed by atoms with Crippen molar-refractivity contribution in [3.63, 3.8) is 0 Å². The Labute approximate surface area is 206 Å². The zero-order valence-electron chi connectivity index (χ0n) is 18.5. The van der Waals surface area contributed by atoms with Gasteiger partial charge >= 0.3 is 5.97 Å². The van der Waals surface area contributed by atoms with Crippen LogP contribution in [-0.2, 0) is 9.59 Å². The number of thiophene rings is 1. The third-order valence-corrected chi connectivity index (χ3v) is 7.22. The normalized spacial score (nSPS) is 15.5. The van der Waals surface area contributed by atoms with E-state index in [0.717, 1.165) is 46.6 Å². The molecule has 8 nitrogen and oxygen atoms in total. The van der Waals surface area contributed by atoms with E-state index in [1.165, 1.54) is 11.3 Å². The van der Waals surface area contributed by atoms with Crippen LogP contribution in [0.15, 0.2) is 12.3 Å². The van der Waals surface area contributed by atoms with Crippen LogP contribution in [0.4, 0.5) is 9.52 Å². The molecule has 0 spiro atoms. The molecular weight excluding hydrogens is 491 g/mol. The van der Waals surface area contributed by atoms with Gasteiger partial charge in [-0.1, -0.05) is 11.3 Å². The van der Waals surface area contributed by atoms with E-state index in [1.807, 2.05) is 29.8 Å². The summed E-state index contributed by atoms with van der Waals surface area (Å²) in [5.41, 5.74) is 0.510. The van der Waals surface area contributed by atoms with Gasteiger partial charge in [0.2, 0.25) is 5.91 Å². The second-order valence-electron chi connectivity index (χ2n) is 7.88. The smallest absolute Gasteiger partial charge is 0.303 e. The fourth-order valence-corrected chi connectivity index (χ4v) is 5.50. The summed E-state index contributed by atoms with van der Waals surface area (Å²) in [7, 11) is 1.86. The molecule has 12 heteroatoms. The van der Waals surface area contributed by atoms with E-state index in [1.54, 1.807) is 0 Å². The maximum absolute atomic E-state index is 13.1. The third kappa shape index (κ3) is 7.46. The maximum atomic E-state index is 13.1. The van der Waals surface area contributed by atoms with Gasteiger partial charge in [0.1, 0.15) is 0 Å². The molecule has 1 aliphatic rings. The van der Waals surface area contributed by atoms with Gasteiger partial charge in [-0.3, -0.25) is 24.6 Å². The SMILES string of the molecule is Cc1sc(C2CCCN2C(=O)CN(C)CCCCC(=O)O)cc1C(=O)Nc1ncc(F)s1.Cl. The molecule has 2 aromatic heterocycles. The van der Waals surface area contributed by atoms with Gasteiger partial charge in [-0.05, 0) is 52.3 Å². The molecule has 3 rings (SSSR count). The molecule has 0 aliphatic carbocycles. The Bertz CT molecular complexity index is 983. The highest BCUT2D eigenvalue weighted by Gasteiger charge is 2.32. The van der Waals surface area contributed by atoms with Gasteiger partial charge in [0.05, 0.1) is 24.3 Å². The number of aryl methyl sites for hydroxylation is 1. The summed E-state index contributed by atoms with van der Waals surface area (Å²) >= 11 is 2.27. The van der Waals surface area contributed by atoms with Crippen molar-refractivity contribution in [3.05, 3.63) is 32.7 Å². The first-order chi connectivity index (χ1) is 15.2. The molecule has 1 saturated heterocycles. The Balaban J connectivity index is 0.00000385. The van der Waals surface area contributed by atoms with Crippen molar-refractivity contribution in [2.24, 2.45) is 0 Å². The first-order valence-electron chi connectivity index (χ1n) is 10.5. The van der Waals surface area contributed by atoms with Crippen LogP contribution in [-0.4, -0.2) is 64.4 Å². The summed E-state index contributed by atoms with van der Waals surface area (Å²) in [6.07, 6.45) is 4.26. The monoisotopic (exact) mass is 518 g/mol. The number of anilines is 1. The highest BCUT2D eigenvalue weighted by molar-refractivity contribution is 7.14. The molecule has 2 amide bonds. The number of thiazole rings is 1. The topological polar surface area (TPSA) is 103 Å². The molecule has 2 N–H and O–H groups in total. The Hall–Kier alpha value is -2.08. The number of hydrogen-bond donors (Lipinski definition) is 2. The molecule has 2 aromatic rings. The summed E-state index contributed by atoms with van der Waals surface area (Å²) in [5, 5.41) is 11.1. The molecule has 0 saturated carbocycles. The number of nitrogens with one attached hydrogen (secondary N) is 1. The number of likely N-dealkylation sites (tertiary alicyclic amines) is 1. The number of nitrogens with zero attached hydrogens (tertiary/aromatic N) is 3. The molecule has 1 aliphatic heterocycles. The molecule has 182 valence electrons. The number of carboxylic acid groups (broad SMARTS) is 1. The highest BCUT2D eigenvalue weighted by atomic mass is 35.5. The number of likely N-dealkylation sites (N-methyl/N-ethyl adjacent to an activating group) is 1. The first-order valence-corrected chi connectivity index (χ1v) is 12.1. The van der Waals surface area contributed by atoms with Crippen molar-refractivity contribution in [2.45, 2.75) is 45.1 Å². The van der Waals surface area contributed by atoms with Crippen molar-refractivity contribution >= 4 is 58.0 Å². The molecular formula is C21H28ClFN4O4S2. The van der Waals surface area contributed by atoms with Crippen LogP contribution in [0.5, 0.6) is 0 Å². The van der Waals surface area contributed by atoms with Crippen LogP contribution >= 0.6 is 35.1 Å². The molecule has 1 fully saturated rings. The summed E-state index contributed by atoms with van der Waals surface area (Å²) < 4.78 is 13.1. The van der Waals surface area contributed by atoms with Crippen molar-refractivity contribution < 1.29 is 23.9 Å². The second kappa shape index (κ2) is 12.4. The number of rotatable bonds is 10. The predicted octanol–water partition coefficient (Wildman–Crippen LogP) is 4.18. The van der Waals surface area contributed by atoms with Crippen LogP contribution < -0.4 is 5.32 Å². The fraction of sp³-hybridized carbons (Fsp3) is 0.524. The maximum Gasteiger partial charge on any atom is 0.303 e. The zero-order chi connectivity index (χ0) is 23.3. The third-order valence-electron chi connectivity index (χ3n) is 5.37. The van der Waals surface area contributed by atoms with Crippen molar-refractivity contribution in [2.75, 3.05) is 32.0 Å². The minimum absolute atomic E-state index is 0.